The third-order valence-corrected chi connectivity index (χ3v) is 5.03. The molecule has 134 valence electrons. The van der Waals surface area contributed by atoms with Crippen LogP contribution in [0.25, 0.3) is 0 Å². The van der Waals surface area contributed by atoms with Gasteiger partial charge in [0.05, 0.1) is 5.69 Å². The lowest BCUT2D eigenvalue weighted by atomic mass is 9.78. The number of pyridine rings is 1. The summed E-state index contributed by atoms with van der Waals surface area (Å²) in [5.41, 5.74) is 1.48. The van der Waals surface area contributed by atoms with Crippen LogP contribution >= 0.6 is 0 Å². The van der Waals surface area contributed by atoms with Crippen LogP contribution in [0.4, 0.5) is 13.2 Å². The Morgan fingerprint density at radius 2 is 1.84 bits per heavy atom. The van der Waals surface area contributed by atoms with Gasteiger partial charge in [0.15, 0.2) is 0 Å². The van der Waals surface area contributed by atoms with Gasteiger partial charge in [0.2, 0.25) is 0 Å². The Labute approximate surface area is 146 Å². The monoisotopic (exact) mass is 349 g/mol. The molecule has 0 radical (unpaired) electrons. The number of nitrogens with zero attached hydrogens (tertiary/aromatic N) is 1. The number of ether oxygens (including phenoxy) is 1. The molecular formula is C20H22F3NO. The second-order valence-corrected chi connectivity index (χ2v) is 6.69. The Bertz CT molecular complexity index is 715. The van der Waals surface area contributed by atoms with Crippen molar-refractivity contribution in [2.24, 2.45) is 5.92 Å². The maximum absolute atomic E-state index is 13.1. The average Bonchev–Trinajstić information content (AvgIpc) is 2.61. The summed E-state index contributed by atoms with van der Waals surface area (Å²) >= 11 is 0. The number of benzene rings is 1. The molecule has 0 amide bonds. The number of aryl methyl sites for hydroxylation is 1. The highest BCUT2D eigenvalue weighted by Crippen LogP contribution is 2.43. The van der Waals surface area contributed by atoms with E-state index >= 15 is 0 Å². The second kappa shape index (κ2) is 7.16. The Balaban J connectivity index is 1.96. The van der Waals surface area contributed by atoms with Crippen molar-refractivity contribution in [3.63, 3.8) is 0 Å². The summed E-state index contributed by atoms with van der Waals surface area (Å²) in [6.45, 7) is 4.47. The molecule has 0 bridgehead atoms. The minimum Gasteiger partial charge on any atom is -0.372 e. The molecule has 1 aromatic heterocycles. The minimum atomic E-state index is -4.45. The van der Waals surface area contributed by atoms with E-state index < -0.39 is 18.0 Å². The Hall–Kier alpha value is -1.88. The van der Waals surface area contributed by atoms with Crippen LogP contribution in [0, 0.1) is 12.8 Å². The molecule has 1 saturated heterocycles. The first kappa shape index (κ1) is 17.9. The SMILES string of the molecule is Cc1ccc(C(F)(F)F)nc1C1OCCCC1[C@@H](C)c1ccccc1. The van der Waals surface area contributed by atoms with Crippen molar-refractivity contribution in [3.05, 3.63) is 65.0 Å². The second-order valence-electron chi connectivity index (χ2n) is 6.69. The lowest BCUT2D eigenvalue weighted by Gasteiger charge is -2.36. The van der Waals surface area contributed by atoms with Crippen LogP contribution in [-0.2, 0) is 10.9 Å². The molecule has 0 saturated carbocycles. The molecule has 0 spiro atoms. The van der Waals surface area contributed by atoms with Gasteiger partial charge in [0.25, 0.3) is 0 Å². The average molecular weight is 349 g/mol. The van der Waals surface area contributed by atoms with Gasteiger partial charge in [-0.25, -0.2) is 4.98 Å². The summed E-state index contributed by atoms with van der Waals surface area (Å²) in [5.74, 6) is 0.285. The molecule has 1 fully saturated rings. The first-order chi connectivity index (χ1) is 11.9. The predicted octanol–water partition coefficient (Wildman–Crippen LogP) is 5.68. The minimum absolute atomic E-state index is 0.103. The van der Waals surface area contributed by atoms with Crippen LogP contribution in [0.5, 0.6) is 0 Å². The van der Waals surface area contributed by atoms with Gasteiger partial charge in [-0.15, -0.1) is 0 Å². The van der Waals surface area contributed by atoms with Gasteiger partial charge in [-0.2, -0.15) is 13.2 Å². The first-order valence-corrected chi connectivity index (χ1v) is 8.59. The topological polar surface area (TPSA) is 22.1 Å². The molecule has 1 aromatic carbocycles. The van der Waals surface area contributed by atoms with Crippen LogP contribution in [0.3, 0.4) is 0 Å². The highest BCUT2D eigenvalue weighted by molar-refractivity contribution is 5.27. The molecule has 0 aliphatic carbocycles. The first-order valence-electron chi connectivity index (χ1n) is 8.59. The molecule has 2 nitrogen and oxygen atoms in total. The van der Waals surface area contributed by atoms with Gasteiger partial charge in [-0.1, -0.05) is 43.3 Å². The van der Waals surface area contributed by atoms with E-state index in [0.29, 0.717) is 12.3 Å². The highest BCUT2D eigenvalue weighted by atomic mass is 19.4. The van der Waals surface area contributed by atoms with E-state index in [9.17, 15) is 13.2 Å². The summed E-state index contributed by atoms with van der Waals surface area (Å²) in [4.78, 5) is 3.94. The van der Waals surface area contributed by atoms with E-state index in [4.69, 9.17) is 4.74 Å². The molecule has 2 unspecified atom stereocenters. The molecule has 3 atom stereocenters. The fourth-order valence-electron chi connectivity index (χ4n) is 3.59. The molecule has 0 N–H and O–H groups in total. The maximum Gasteiger partial charge on any atom is 0.433 e. The molecule has 1 aliphatic heterocycles. The van der Waals surface area contributed by atoms with Gasteiger partial charge in [-0.3, -0.25) is 0 Å². The van der Waals surface area contributed by atoms with E-state index in [-0.39, 0.29) is 11.8 Å². The van der Waals surface area contributed by atoms with Gasteiger partial charge in [0.1, 0.15) is 11.8 Å². The van der Waals surface area contributed by atoms with Crippen molar-refractivity contribution >= 4 is 0 Å². The lowest BCUT2D eigenvalue weighted by Crippen LogP contribution is -2.28. The Kier molecular flexibility index (Phi) is 5.13. The molecular weight excluding hydrogens is 327 g/mol. The van der Waals surface area contributed by atoms with Crippen LogP contribution in [0.15, 0.2) is 42.5 Å². The van der Waals surface area contributed by atoms with E-state index in [2.05, 4.69) is 24.0 Å². The number of alkyl halides is 3. The number of halogens is 3. The fourth-order valence-corrected chi connectivity index (χ4v) is 3.59. The maximum atomic E-state index is 13.1. The Morgan fingerprint density at radius 3 is 2.52 bits per heavy atom. The Morgan fingerprint density at radius 1 is 1.12 bits per heavy atom. The molecule has 5 heteroatoms. The van der Waals surface area contributed by atoms with Crippen molar-refractivity contribution in [3.8, 4) is 0 Å². The molecule has 1 aliphatic rings. The van der Waals surface area contributed by atoms with Crippen LogP contribution < -0.4 is 0 Å². The molecule has 2 heterocycles. The van der Waals surface area contributed by atoms with Gasteiger partial charge in [0, 0.05) is 6.61 Å². The fraction of sp³-hybridized carbons (Fsp3) is 0.450. The number of aromatic nitrogens is 1. The largest absolute Gasteiger partial charge is 0.433 e. The zero-order valence-electron chi connectivity index (χ0n) is 14.4. The predicted molar refractivity (Wildman–Crippen MR) is 90.3 cm³/mol. The van der Waals surface area contributed by atoms with Crippen LogP contribution in [-0.4, -0.2) is 11.6 Å². The number of hydrogen-bond donors (Lipinski definition) is 0. The summed E-state index contributed by atoms with van der Waals surface area (Å²) in [6, 6.07) is 12.6. The van der Waals surface area contributed by atoms with Crippen LogP contribution in [0.1, 0.15) is 54.3 Å². The van der Waals surface area contributed by atoms with Crippen molar-refractivity contribution in [1.29, 1.82) is 0 Å². The summed E-state index contributed by atoms with van der Waals surface area (Å²) in [5, 5.41) is 0. The van der Waals surface area contributed by atoms with Crippen molar-refractivity contribution < 1.29 is 17.9 Å². The van der Waals surface area contributed by atoms with E-state index in [0.717, 1.165) is 24.5 Å². The standard InChI is InChI=1S/C20H22F3NO/c1-13-10-11-17(20(21,22)23)24-18(13)19-16(9-6-12-25-19)14(2)15-7-4-3-5-8-15/h3-5,7-8,10-11,14,16,19H,6,9,12H2,1-2H3/t14-,16?,19?/m0/s1. The van der Waals surface area contributed by atoms with Gasteiger partial charge < -0.3 is 4.74 Å². The van der Waals surface area contributed by atoms with Crippen molar-refractivity contribution in [2.45, 2.75) is 44.9 Å². The quantitative estimate of drug-likeness (QED) is 0.711. The zero-order valence-corrected chi connectivity index (χ0v) is 14.4. The third kappa shape index (κ3) is 3.87. The van der Waals surface area contributed by atoms with Gasteiger partial charge >= 0.3 is 6.18 Å². The van der Waals surface area contributed by atoms with E-state index in [1.807, 2.05) is 18.2 Å². The molecule has 3 rings (SSSR count). The molecule has 2 aromatic rings. The van der Waals surface area contributed by atoms with Gasteiger partial charge in [-0.05, 0) is 48.8 Å². The van der Waals surface area contributed by atoms with E-state index in [1.165, 1.54) is 11.6 Å². The van der Waals surface area contributed by atoms with Crippen LogP contribution in [0.2, 0.25) is 0 Å². The highest BCUT2D eigenvalue weighted by Gasteiger charge is 2.37. The van der Waals surface area contributed by atoms with E-state index in [1.54, 1.807) is 6.92 Å². The summed E-state index contributed by atoms with van der Waals surface area (Å²) in [6.07, 6.45) is -3.03. The third-order valence-electron chi connectivity index (χ3n) is 5.03. The lowest BCUT2D eigenvalue weighted by molar-refractivity contribution is -0.141. The summed E-state index contributed by atoms with van der Waals surface area (Å²) < 4.78 is 45.2. The number of hydrogen-bond acceptors (Lipinski definition) is 2. The normalized spacial score (nSPS) is 22.6. The zero-order chi connectivity index (χ0) is 18.0. The summed E-state index contributed by atoms with van der Waals surface area (Å²) in [7, 11) is 0. The number of rotatable bonds is 3. The van der Waals surface area contributed by atoms with Crippen molar-refractivity contribution in [1.82, 2.24) is 4.98 Å². The molecule has 25 heavy (non-hydrogen) atoms. The van der Waals surface area contributed by atoms with Crippen molar-refractivity contribution in [2.75, 3.05) is 6.61 Å². The smallest absolute Gasteiger partial charge is 0.372 e.